The normalized spacial score (nSPS) is 14.0. The molecule has 0 aliphatic carbocycles. The van der Waals surface area contributed by atoms with Crippen LogP contribution in [-0.4, -0.2) is 34.4 Å². The molecule has 0 spiro atoms. The second-order valence-electron chi connectivity index (χ2n) is 5.69. The Hall–Kier alpha value is -3.27. The van der Waals surface area contributed by atoms with Crippen molar-refractivity contribution in [2.24, 2.45) is 0 Å². The first kappa shape index (κ1) is 17.5. The zero-order chi connectivity index (χ0) is 19.1. The van der Waals surface area contributed by atoms with Crippen LogP contribution < -0.4 is 0 Å². The Labute approximate surface area is 147 Å². The summed E-state index contributed by atoms with van der Waals surface area (Å²) < 4.78 is 24.0. The maximum absolute atomic E-state index is 13.1. The minimum Gasteiger partial charge on any atom is -0.480 e. The van der Waals surface area contributed by atoms with Gasteiger partial charge in [-0.1, -0.05) is 0 Å². The quantitative estimate of drug-likeness (QED) is 0.514. The number of carbonyl (C=O) groups is 1. The number of rotatable bonds is 5. The Morgan fingerprint density at radius 1 is 1.27 bits per heavy atom. The number of aromatic amines is 1. The number of carboxylic acid groups (broad SMARTS) is 1. The van der Waals surface area contributed by atoms with E-state index in [0.29, 0.717) is 11.0 Å². The summed E-state index contributed by atoms with van der Waals surface area (Å²) in [6.07, 6.45) is 2.79. The number of nitrogens with one attached hydrogen (secondary N) is 1. The van der Waals surface area contributed by atoms with E-state index in [-0.39, 0.29) is 16.1 Å². The number of non-ortho nitro benzene ring substituents is 1. The average Bonchev–Trinajstić information content (AvgIpc) is 3.05. The number of aromatic nitrogens is 2. The zero-order valence-corrected chi connectivity index (χ0v) is 14.2. The lowest BCUT2D eigenvalue weighted by molar-refractivity contribution is -0.384. The summed E-state index contributed by atoms with van der Waals surface area (Å²) in [4.78, 5) is 28.6. The van der Waals surface area contributed by atoms with Crippen molar-refractivity contribution in [3.05, 3.63) is 64.5 Å². The van der Waals surface area contributed by atoms with E-state index in [1.54, 1.807) is 12.1 Å². The molecule has 1 aromatic carbocycles. The van der Waals surface area contributed by atoms with Gasteiger partial charge in [0.05, 0.1) is 9.82 Å². The highest BCUT2D eigenvalue weighted by atomic mass is 32.2. The molecule has 26 heavy (non-hydrogen) atoms. The smallest absolute Gasteiger partial charge is 0.329 e. The van der Waals surface area contributed by atoms with Crippen LogP contribution in [0.1, 0.15) is 12.5 Å². The Bertz CT molecular complexity index is 1120. The van der Waals surface area contributed by atoms with E-state index in [1.807, 2.05) is 0 Å². The van der Waals surface area contributed by atoms with Gasteiger partial charge in [-0.2, -0.15) is 0 Å². The van der Waals surface area contributed by atoms with E-state index < -0.39 is 25.5 Å². The molecule has 2 N–H and O–H groups in total. The second-order valence-corrected chi connectivity index (χ2v) is 7.99. The Kier molecular flexibility index (Phi) is 3.99. The molecule has 1 unspecified atom stereocenters. The predicted molar refractivity (Wildman–Crippen MR) is 91.4 cm³/mol. The van der Waals surface area contributed by atoms with Gasteiger partial charge in [0.25, 0.3) is 5.69 Å². The van der Waals surface area contributed by atoms with Crippen LogP contribution in [0.3, 0.4) is 0 Å². The number of nitrogens with zero attached hydrogens (tertiary/aromatic N) is 2. The number of nitro groups is 1. The van der Waals surface area contributed by atoms with Crippen LogP contribution in [0.4, 0.5) is 5.69 Å². The van der Waals surface area contributed by atoms with Gasteiger partial charge in [0.2, 0.25) is 0 Å². The fraction of sp³-hybridized carbons (Fsp3) is 0.125. The van der Waals surface area contributed by atoms with E-state index in [2.05, 4.69) is 9.97 Å². The Morgan fingerprint density at radius 2 is 1.92 bits per heavy atom. The van der Waals surface area contributed by atoms with Crippen molar-refractivity contribution in [3.8, 4) is 0 Å². The molecule has 0 saturated carbocycles. The number of aliphatic carboxylic acids is 1. The van der Waals surface area contributed by atoms with Crippen LogP contribution >= 0.6 is 0 Å². The molecule has 0 amide bonds. The predicted octanol–water partition coefficient (Wildman–Crippen LogP) is 2.24. The van der Waals surface area contributed by atoms with E-state index in [1.165, 1.54) is 12.4 Å². The van der Waals surface area contributed by atoms with Gasteiger partial charge < -0.3 is 10.1 Å². The van der Waals surface area contributed by atoms with Crippen molar-refractivity contribution >= 4 is 32.5 Å². The first-order valence-electron chi connectivity index (χ1n) is 7.34. The molecule has 10 heteroatoms. The summed E-state index contributed by atoms with van der Waals surface area (Å²) in [5.41, 5.74) is 0.0950. The summed E-state index contributed by atoms with van der Waals surface area (Å²) in [5, 5.41) is 20.9. The minimum absolute atomic E-state index is 0.0338. The van der Waals surface area contributed by atoms with Crippen molar-refractivity contribution in [2.75, 3.05) is 0 Å². The largest absolute Gasteiger partial charge is 0.480 e. The third-order valence-corrected chi connectivity index (χ3v) is 6.63. The van der Waals surface area contributed by atoms with Crippen LogP contribution in [0.15, 0.2) is 53.7 Å². The van der Waals surface area contributed by atoms with Gasteiger partial charge in [0, 0.05) is 35.5 Å². The number of H-pyrrole nitrogens is 1. The molecule has 0 aliphatic rings. The molecule has 0 aliphatic heterocycles. The third-order valence-electron chi connectivity index (χ3n) is 4.27. The van der Waals surface area contributed by atoms with Crippen molar-refractivity contribution in [1.29, 1.82) is 0 Å². The molecule has 1 atom stereocenters. The molecule has 2 aromatic heterocycles. The summed E-state index contributed by atoms with van der Waals surface area (Å²) in [6.45, 7) is 1.09. The second kappa shape index (κ2) is 5.92. The van der Waals surface area contributed by atoms with E-state index >= 15 is 0 Å². The SMILES string of the molecule is CC(C(=O)O)(c1c[nH]c2ncccc12)S(=O)(=O)c1ccc([N+](=O)[O-])cc1. The summed E-state index contributed by atoms with van der Waals surface area (Å²) in [6, 6.07) is 7.24. The lowest BCUT2D eigenvalue weighted by Crippen LogP contribution is -2.40. The topological polar surface area (TPSA) is 143 Å². The minimum atomic E-state index is -4.43. The Balaban J connectivity index is 2.23. The molecular weight excluding hydrogens is 362 g/mol. The highest BCUT2D eigenvalue weighted by molar-refractivity contribution is 7.93. The van der Waals surface area contributed by atoms with Crippen LogP contribution in [-0.2, 0) is 19.4 Å². The average molecular weight is 375 g/mol. The van der Waals surface area contributed by atoms with E-state index in [4.69, 9.17) is 0 Å². The summed E-state index contributed by atoms with van der Waals surface area (Å²) >= 11 is 0. The van der Waals surface area contributed by atoms with Crippen LogP contribution in [0.25, 0.3) is 11.0 Å². The molecule has 2 heterocycles. The Morgan fingerprint density at radius 3 is 2.50 bits per heavy atom. The number of hydrogen-bond acceptors (Lipinski definition) is 6. The summed E-state index contributed by atoms with van der Waals surface area (Å²) in [7, 11) is -4.43. The molecule has 3 aromatic rings. The lowest BCUT2D eigenvalue weighted by atomic mass is 10.0. The lowest BCUT2D eigenvalue weighted by Gasteiger charge is -2.24. The number of benzene rings is 1. The molecule has 9 nitrogen and oxygen atoms in total. The van der Waals surface area contributed by atoms with Crippen LogP contribution in [0, 0.1) is 10.1 Å². The molecule has 0 bridgehead atoms. The maximum Gasteiger partial charge on any atom is 0.329 e. The first-order chi connectivity index (χ1) is 12.2. The van der Waals surface area contributed by atoms with Crippen molar-refractivity contribution < 1.29 is 23.2 Å². The van der Waals surface area contributed by atoms with E-state index in [0.717, 1.165) is 31.2 Å². The van der Waals surface area contributed by atoms with Crippen molar-refractivity contribution in [2.45, 2.75) is 16.6 Å². The summed E-state index contributed by atoms with van der Waals surface area (Å²) in [5.74, 6) is -1.57. The zero-order valence-electron chi connectivity index (χ0n) is 13.4. The van der Waals surface area contributed by atoms with Gasteiger partial charge in [0.15, 0.2) is 14.6 Å². The number of nitro benzene ring substituents is 1. The monoisotopic (exact) mass is 375 g/mol. The molecule has 3 rings (SSSR count). The van der Waals surface area contributed by atoms with Crippen molar-refractivity contribution in [1.82, 2.24) is 9.97 Å². The van der Waals surface area contributed by atoms with Gasteiger partial charge in [0.1, 0.15) is 5.65 Å². The highest BCUT2D eigenvalue weighted by Gasteiger charge is 2.50. The standard InChI is InChI=1S/C16H13N3O6S/c1-16(15(20)21,13-9-18-14-12(13)3-2-8-17-14)26(24,25)11-6-4-10(5-7-11)19(22)23/h2-9H,1H3,(H,17,18)(H,20,21). The van der Waals surface area contributed by atoms with Gasteiger partial charge in [-0.15, -0.1) is 0 Å². The van der Waals surface area contributed by atoms with Gasteiger partial charge in [-0.25, -0.2) is 13.4 Å². The third kappa shape index (κ3) is 2.42. The van der Waals surface area contributed by atoms with Gasteiger partial charge >= 0.3 is 5.97 Å². The maximum atomic E-state index is 13.1. The van der Waals surface area contributed by atoms with Crippen LogP contribution in [0.5, 0.6) is 0 Å². The highest BCUT2D eigenvalue weighted by Crippen LogP contribution is 2.39. The molecule has 134 valence electrons. The number of hydrogen-bond donors (Lipinski definition) is 2. The van der Waals surface area contributed by atoms with Crippen molar-refractivity contribution in [3.63, 3.8) is 0 Å². The molecule has 0 saturated heterocycles. The number of pyridine rings is 1. The van der Waals surface area contributed by atoms with E-state index in [9.17, 15) is 28.4 Å². The molecule has 0 fully saturated rings. The van der Waals surface area contributed by atoms with Crippen LogP contribution in [0.2, 0.25) is 0 Å². The molecule has 0 radical (unpaired) electrons. The number of carboxylic acids is 1. The van der Waals surface area contributed by atoms with Gasteiger partial charge in [-0.3, -0.25) is 14.9 Å². The number of fused-ring (bicyclic) bond motifs is 1. The fourth-order valence-electron chi connectivity index (χ4n) is 2.71. The fourth-order valence-corrected chi connectivity index (χ4v) is 4.36. The number of sulfone groups is 1. The first-order valence-corrected chi connectivity index (χ1v) is 8.83. The van der Waals surface area contributed by atoms with Gasteiger partial charge in [-0.05, 0) is 31.2 Å². The molecular formula is C16H13N3O6S.